The minimum Gasteiger partial charge on any atom is -0.327 e. The summed E-state index contributed by atoms with van der Waals surface area (Å²) in [5, 5.41) is 0. The Labute approximate surface area is 91.5 Å². The maximum absolute atomic E-state index is 5.95. The van der Waals surface area contributed by atoms with Crippen LogP contribution in [0.5, 0.6) is 0 Å². The molecule has 0 aromatic carbocycles. The van der Waals surface area contributed by atoms with Crippen molar-refractivity contribution in [2.24, 2.45) is 11.7 Å². The third kappa shape index (κ3) is 7.37. The molecule has 0 aromatic rings. The Morgan fingerprint density at radius 1 is 1.00 bits per heavy atom. The maximum atomic E-state index is 5.95. The lowest BCUT2D eigenvalue weighted by atomic mass is 9.83. The highest BCUT2D eigenvalue weighted by atomic mass is 14.6. The van der Waals surface area contributed by atoms with E-state index in [9.17, 15) is 0 Å². The topological polar surface area (TPSA) is 26.0 Å². The molecule has 1 heteroatoms. The second-order valence-electron chi connectivity index (χ2n) is 3.47. The molecule has 1 saturated carbocycles. The molecule has 14 heavy (non-hydrogen) atoms. The van der Waals surface area contributed by atoms with Gasteiger partial charge in [0.15, 0.2) is 0 Å². The van der Waals surface area contributed by atoms with Crippen LogP contribution < -0.4 is 5.73 Å². The summed E-state index contributed by atoms with van der Waals surface area (Å²) in [7, 11) is 0. The monoisotopic (exact) mass is 201 g/mol. The molecule has 1 aliphatic rings. The minimum absolute atomic E-state index is 0.486. The van der Waals surface area contributed by atoms with Gasteiger partial charge in [-0.2, -0.15) is 0 Å². The fourth-order valence-electron chi connectivity index (χ4n) is 1.90. The van der Waals surface area contributed by atoms with Gasteiger partial charge in [0.1, 0.15) is 0 Å². The van der Waals surface area contributed by atoms with Gasteiger partial charge in [-0.1, -0.05) is 53.9 Å². The molecule has 0 aromatic heterocycles. The molecule has 88 valence electrons. The summed E-state index contributed by atoms with van der Waals surface area (Å²) in [6.45, 7) is 10.2. The van der Waals surface area contributed by atoms with Crippen LogP contribution in [0.3, 0.4) is 0 Å². The average molecular weight is 201 g/mol. The van der Waals surface area contributed by atoms with Crippen molar-refractivity contribution in [3.05, 3.63) is 0 Å². The number of rotatable bonds is 2. The lowest BCUT2D eigenvalue weighted by Crippen LogP contribution is -2.30. The van der Waals surface area contributed by atoms with E-state index in [0.29, 0.717) is 6.04 Å². The van der Waals surface area contributed by atoms with Crippen LogP contribution in [0.4, 0.5) is 0 Å². The van der Waals surface area contributed by atoms with Crippen LogP contribution in [0.2, 0.25) is 0 Å². The molecule has 0 bridgehead atoms. The van der Waals surface area contributed by atoms with E-state index in [0.717, 1.165) is 12.3 Å². The molecule has 0 heterocycles. The Bertz CT molecular complexity index is 85.2. The summed E-state index contributed by atoms with van der Waals surface area (Å²) in [5.41, 5.74) is 5.95. The fourth-order valence-corrected chi connectivity index (χ4v) is 1.90. The zero-order valence-electron chi connectivity index (χ0n) is 11.0. The van der Waals surface area contributed by atoms with E-state index in [1.807, 2.05) is 27.7 Å². The van der Waals surface area contributed by atoms with Gasteiger partial charge in [-0.25, -0.2) is 0 Å². The number of hydrogen-bond donors (Lipinski definition) is 1. The van der Waals surface area contributed by atoms with E-state index in [1.165, 1.54) is 32.1 Å². The first kappa shape index (κ1) is 16.4. The Kier molecular flexibility index (Phi) is 15.2. The van der Waals surface area contributed by atoms with Crippen LogP contribution in [0.1, 0.15) is 73.1 Å². The van der Waals surface area contributed by atoms with E-state index in [1.54, 1.807) is 0 Å². The van der Waals surface area contributed by atoms with Crippen LogP contribution in [0.15, 0.2) is 0 Å². The summed E-state index contributed by atoms with van der Waals surface area (Å²) in [6, 6.07) is 0.486. The van der Waals surface area contributed by atoms with Crippen molar-refractivity contribution >= 4 is 0 Å². The minimum atomic E-state index is 0.486. The normalized spacial score (nSPS) is 18.4. The van der Waals surface area contributed by atoms with Gasteiger partial charge in [0.25, 0.3) is 0 Å². The maximum Gasteiger partial charge on any atom is 0.00645 e. The zero-order valence-corrected chi connectivity index (χ0v) is 11.0. The van der Waals surface area contributed by atoms with Gasteiger partial charge in [-0.15, -0.1) is 0 Å². The van der Waals surface area contributed by atoms with E-state index in [-0.39, 0.29) is 0 Å². The quantitative estimate of drug-likeness (QED) is 0.706. The molecule has 0 radical (unpaired) electrons. The van der Waals surface area contributed by atoms with Gasteiger partial charge >= 0.3 is 0 Å². The molecule has 1 unspecified atom stereocenters. The van der Waals surface area contributed by atoms with Gasteiger partial charge in [0.05, 0.1) is 0 Å². The Morgan fingerprint density at radius 2 is 1.43 bits per heavy atom. The van der Waals surface area contributed by atoms with Crippen LogP contribution >= 0.6 is 0 Å². The first-order valence-corrected chi connectivity index (χ1v) is 6.60. The smallest absolute Gasteiger partial charge is 0.00645 e. The SMILES string of the molecule is CC.CC.CCC(N)C1CCCCC1. The van der Waals surface area contributed by atoms with E-state index >= 15 is 0 Å². The molecule has 0 spiro atoms. The second-order valence-corrected chi connectivity index (χ2v) is 3.47. The Hall–Kier alpha value is -0.0400. The molecule has 0 saturated heterocycles. The molecular weight excluding hydrogens is 170 g/mol. The molecule has 2 N–H and O–H groups in total. The predicted octanol–water partition coefficient (Wildman–Crippen LogP) is 4.36. The molecule has 1 nitrogen and oxygen atoms in total. The molecule has 0 amide bonds. The van der Waals surface area contributed by atoms with Crippen LogP contribution in [0.25, 0.3) is 0 Å². The zero-order chi connectivity index (χ0) is 11.4. The van der Waals surface area contributed by atoms with Crippen molar-refractivity contribution in [1.29, 1.82) is 0 Å². The van der Waals surface area contributed by atoms with E-state index in [4.69, 9.17) is 5.73 Å². The Balaban J connectivity index is 0. The van der Waals surface area contributed by atoms with E-state index in [2.05, 4.69) is 6.92 Å². The van der Waals surface area contributed by atoms with Crippen molar-refractivity contribution in [2.45, 2.75) is 79.2 Å². The Morgan fingerprint density at radius 3 is 1.79 bits per heavy atom. The van der Waals surface area contributed by atoms with Crippen LogP contribution in [0, 0.1) is 5.92 Å². The van der Waals surface area contributed by atoms with Crippen LogP contribution in [-0.2, 0) is 0 Å². The molecule has 0 aliphatic heterocycles. The summed E-state index contributed by atoms with van der Waals surface area (Å²) < 4.78 is 0. The van der Waals surface area contributed by atoms with Crippen molar-refractivity contribution < 1.29 is 0 Å². The lowest BCUT2D eigenvalue weighted by molar-refractivity contribution is 0.300. The highest BCUT2D eigenvalue weighted by Gasteiger charge is 2.18. The van der Waals surface area contributed by atoms with Gasteiger partial charge in [0, 0.05) is 6.04 Å². The van der Waals surface area contributed by atoms with Crippen molar-refractivity contribution in [2.75, 3.05) is 0 Å². The third-order valence-corrected chi connectivity index (χ3v) is 2.73. The summed E-state index contributed by atoms with van der Waals surface area (Å²) in [4.78, 5) is 0. The van der Waals surface area contributed by atoms with Crippen molar-refractivity contribution in [1.82, 2.24) is 0 Å². The highest BCUT2D eigenvalue weighted by molar-refractivity contribution is 4.74. The second kappa shape index (κ2) is 13.0. The first-order valence-electron chi connectivity index (χ1n) is 6.60. The summed E-state index contributed by atoms with van der Waals surface area (Å²) in [5.74, 6) is 0.846. The third-order valence-electron chi connectivity index (χ3n) is 2.73. The average Bonchev–Trinajstić information content (AvgIpc) is 2.34. The lowest BCUT2D eigenvalue weighted by Gasteiger charge is -2.26. The molecule has 1 fully saturated rings. The number of nitrogens with two attached hydrogens (primary N) is 1. The molecule has 1 rings (SSSR count). The van der Waals surface area contributed by atoms with Crippen LogP contribution in [-0.4, -0.2) is 6.04 Å². The van der Waals surface area contributed by atoms with E-state index < -0.39 is 0 Å². The van der Waals surface area contributed by atoms with Crippen molar-refractivity contribution in [3.8, 4) is 0 Å². The fraction of sp³-hybridized carbons (Fsp3) is 1.00. The van der Waals surface area contributed by atoms with Crippen molar-refractivity contribution in [3.63, 3.8) is 0 Å². The summed E-state index contributed by atoms with van der Waals surface area (Å²) >= 11 is 0. The molecule has 1 atom stereocenters. The first-order chi connectivity index (χ1) is 6.84. The summed E-state index contributed by atoms with van der Waals surface area (Å²) in [6.07, 6.45) is 8.19. The molecule has 1 aliphatic carbocycles. The van der Waals surface area contributed by atoms with Gasteiger partial charge in [-0.3, -0.25) is 0 Å². The largest absolute Gasteiger partial charge is 0.327 e. The van der Waals surface area contributed by atoms with Gasteiger partial charge in [-0.05, 0) is 25.2 Å². The predicted molar refractivity (Wildman–Crippen MR) is 67.5 cm³/mol. The van der Waals surface area contributed by atoms with Gasteiger partial charge in [0.2, 0.25) is 0 Å². The number of hydrogen-bond acceptors (Lipinski definition) is 1. The molecular formula is C13H31N. The standard InChI is InChI=1S/C9H19N.2C2H6/c1-2-9(10)8-6-4-3-5-7-8;2*1-2/h8-9H,2-7,10H2,1H3;2*1-2H3. The van der Waals surface area contributed by atoms with Gasteiger partial charge < -0.3 is 5.73 Å². The highest BCUT2D eigenvalue weighted by Crippen LogP contribution is 2.26.